The van der Waals surface area contributed by atoms with Crippen molar-refractivity contribution < 1.29 is 17.5 Å². The smallest absolute Gasteiger partial charge is 0.339 e. The average Bonchev–Trinajstić information content (AvgIpc) is 2.43. The number of hydrogen-bond acceptors (Lipinski definition) is 5. The molecule has 2 aromatic rings. The molecule has 2 rings (SSSR count). The second-order valence-electron chi connectivity index (χ2n) is 4.68. The Morgan fingerprint density at radius 1 is 1.14 bits per heavy atom. The molecule has 0 heterocycles. The third-order valence-electron chi connectivity index (χ3n) is 2.94. The van der Waals surface area contributed by atoms with Gasteiger partial charge in [0.05, 0.1) is 9.95 Å². The quantitative estimate of drug-likeness (QED) is 0.481. The molecule has 0 unspecified atom stereocenters. The highest BCUT2D eigenvalue weighted by Crippen LogP contribution is 2.31. The fourth-order valence-corrected chi connectivity index (χ4v) is 3.33. The summed E-state index contributed by atoms with van der Waals surface area (Å²) < 4.78 is 29.7. The Kier molecular flexibility index (Phi) is 4.39. The summed E-state index contributed by atoms with van der Waals surface area (Å²) in [6.07, 6.45) is 0. The lowest BCUT2D eigenvalue weighted by atomic mass is 10.2. The van der Waals surface area contributed by atoms with Gasteiger partial charge in [0.1, 0.15) is 4.90 Å². The Morgan fingerprint density at radius 3 is 2.41 bits per heavy atom. The molecule has 8 heteroatoms. The zero-order valence-electron chi connectivity index (χ0n) is 11.7. The summed E-state index contributed by atoms with van der Waals surface area (Å²) in [5.41, 5.74) is 1.05. The van der Waals surface area contributed by atoms with Gasteiger partial charge in [-0.1, -0.05) is 23.7 Å². The highest BCUT2D eigenvalue weighted by molar-refractivity contribution is 7.87. The summed E-state index contributed by atoms with van der Waals surface area (Å²) in [5.74, 6) is -0.159. The van der Waals surface area contributed by atoms with Crippen molar-refractivity contribution >= 4 is 27.4 Å². The molecular formula is C14H12ClNO5S. The first kappa shape index (κ1) is 16.3. The molecule has 0 spiro atoms. The lowest BCUT2D eigenvalue weighted by Gasteiger charge is -2.11. The van der Waals surface area contributed by atoms with Gasteiger partial charge in [-0.2, -0.15) is 8.42 Å². The largest absolute Gasteiger partial charge is 0.377 e. The zero-order valence-corrected chi connectivity index (χ0v) is 13.3. The zero-order chi connectivity index (χ0) is 16.5. The van der Waals surface area contributed by atoms with Crippen LogP contribution in [0.25, 0.3) is 0 Å². The van der Waals surface area contributed by atoms with Gasteiger partial charge in [0, 0.05) is 12.1 Å². The SMILES string of the molecule is Cc1ccc(C)c(S(=O)(=O)Oc2ccc([N+](=O)[O-])cc2Cl)c1. The maximum absolute atomic E-state index is 12.3. The van der Waals surface area contributed by atoms with Crippen molar-refractivity contribution in [2.75, 3.05) is 0 Å². The normalized spacial score (nSPS) is 11.2. The number of nitro groups is 1. The maximum atomic E-state index is 12.3. The van der Waals surface area contributed by atoms with Gasteiger partial charge in [-0.15, -0.1) is 0 Å². The van der Waals surface area contributed by atoms with E-state index in [9.17, 15) is 18.5 Å². The van der Waals surface area contributed by atoms with Crippen molar-refractivity contribution in [2.45, 2.75) is 18.7 Å². The van der Waals surface area contributed by atoms with Crippen LogP contribution in [0.1, 0.15) is 11.1 Å². The molecule has 22 heavy (non-hydrogen) atoms. The van der Waals surface area contributed by atoms with E-state index in [-0.39, 0.29) is 21.4 Å². The second-order valence-corrected chi connectivity index (χ2v) is 6.60. The number of nitrogens with zero attached hydrogens (tertiary/aromatic N) is 1. The Bertz CT molecular complexity index is 848. The van der Waals surface area contributed by atoms with Gasteiger partial charge in [-0.05, 0) is 37.1 Å². The molecule has 0 aliphatic carbocycles. The van der Waals surface area contributed by atoms with E-state index in [1.165, 1.54) is 6.07 Å². The first-order valence-electron chi connectivity index (χ1n) is 6.16. The summed E-state index contributed by atoms with van der Waals surface area (Å²) in [4.78, 5) is 10.0. The summed E-state index contributed by atoms with van der Waals surface area (Å²) in [6, 6.07) is 8.26. The van der Waals surface area contributed by atoms with Crippen LogP contribution in [-0.2, 0) is 10.1 Å². The molecule has 0 bridgehead atoms. The predicted octanol–water partition coefficient (Wildman–Crippen LogP) is 3.63. The molecule has 0 aliphatic rings. The highest BCUT2D eigenvalue weighted by atomic mass is 35.5. The van der Waals surface area contributed by atoms with Crippen molar-refractivity contribution in [1.82, 2.24) is 0 Å². The van der Waals surface area contributed by atoms with Crippen LogP contribution in [0.3, 0.4) is 0 Å². The Labute approximate surface area is 132 Å². The first-order chi connectivity index (χ1) is 10.2. The lowest BCUT2D eigenvalue weighted by Crippen LogP contribution is -2.12. The molecule has 0 saturated carbocycles. The van der Waals surface area contributed by atoms with Crippen LogP contribution < -0.4 is 4.18 Å². The van der Waals surface area contributed by atoms with E-state index in [2.05, 4.69) is 0 Å². The third-order valence-corrected chi connectivity index (χ3v) is 4.61. The number of rotatable bonds is 4. The predicted molar refractivity (Wildman–Crippen MR) is 81.8 cm³/mol. The van der Waals surface area contributed by atoms with E-state index in [0.29, 0.717) is 5.56 Å². The van der Waals surface area contributed by atoms with Gasteiger partial charge in [-0.25, -0.2) is 0 Å². The fourth-order valence-electron chi connectivity index (χ4n) is 1.81. The van der Waals surface area contributed by atoms with Crippen LogP contribution in [0.4, 0.5) is 5.69 Å². The van der Waals surface area contributed by atoms with Crippen LogP contribution in [0.2, 0.25) is 5.02 Å². The van der Waals surface area contributed by atoms with Crippen molar-refractivity contribution in [2.24, 2.45) is 0 Å². The van der Waals surface area contributed by atoms with E-state index in [4.69, 9.17) is 15.8 Å². The molecule has 0 saturated heterocycles. The minimum absolute atomic E-state index is 0.0296. The van der Waals surface area contributed by atoms with Gasteiger partial charge >= 0.3 is 10.1 Å². The molecule has 0 amide bonds. The van der Waals surface area contributed by atoms with Crippen LogP contribution in [0, 0.1) is 24.0 Å². The summed E-state index contributed by atoms with van der Waals surface area (Å²) in [7, 11) is -4.08. The van der Waals surface area contributed by atoms with Crippen LogP contribution >= 0.6 is 11.6 Å². The van der Waals surface area contributed by atoms with Crippen molar-refractivity contribution in [3.8, 4) is 5.75 Å². The van der Waals surface area contributed by atoms with Crippen LogP contribution in [0.15, 0.2) is 41.3 Å². The van der Waals surface area contributed by atoms with Crippen molar-refractivity contribution in [3.63, 3.8) is 0 Å². The highest BCUT2D eigenvalue weighted by Gasteiger charge is 2.22. The molecule has 0 N–H and O–H groups in total. The monoisotopic (exact) mass is 341 g/mol. The second kappa shape index (κ2) is 5.94. The van der Waals surface area contributed by atoms with Crippen LogP contribution in [-0.4, -0.2) is 13.3 Å². The first-order valence-corrected chi connectivity index (χ1v) is 7.95. The van der Waals surface area contributed by atoms with Gasteiger partial charge in [0.2, 0.25) is 0 Å². The molecule has 116 valence electrons. The molecule has 2 aromatic carbocycles. The minimum Gasteiger partial charge on any atom is -0.377 e. The molecular weight excluding hydrogens is 330 g/mol. The van der Waals surface area contributed by atoms with E-state index in [1.54, 1.807) is 26.0 Å². The van der Waals surface area contributed by atoms with Gasteiger partial charge in [-0.3, -0.25) is 10.1 Å². The lowest BCUT2D eigenvalue weighted by molar-refractivity contribution is -0.384. The van der Waals surface area contributed by atoms with Crippen molar-refractivity contribution in [1.29, 1.82) is 0 Å². The van der Waals surface area contributed by atoms with Gasteiger partial charge in [0.15, 0.2) is 5.75 Å². The topological polar surface area (TPSA) is 86.5 Å². The summed E-state index contributed by atoms with van der Waals surface area (Å²) in [6.45, 7) is 3.41. The number of non-ortho nitro benzene ring substituents is 1. The third kappa shape index (κ3) is 3.37. The summed E-state index contributed by atoms with van der Waals surface area (Å²) in [5, 5.41) is 10.5. The molecule has 6 nitrogen and oxygen atoms in total. The summed E-state index contributed by atoms with van der Waals surface area (Å²) >= 11 is 5.84. The molecule has 0 fully saturated rings. The Hall–Kier alpha value is -2.12. The molecule has 0 aliphatic heterocycles. The van der Waals surface area contributed by atoms with E-state index >= 15 is 0 Å². The number of halogens is 1. The molecule has 0 atom stereocenters. The Balaban J connectivity index is 2.41. The van der Waals surface area contributed by atoms with E-state index < -0.39 is 15.0 Å². The van der Waals surface area contributed by atoms with Gasteiger partial charge in [0.25, 0.3) is 5.69 Å². The number of nitro benzene ring substituents is 1. The fraction of sp³-hybridized carbons (Fsp3) is 0.143. The average molecular weight is 342 g/mol. The standard InChI is InChI=1S/C14H12ClNO5S/c1-9-3-4-10(2)14(7-9)22(19,20)21-13-6-5-11(16(17)18)8-12(13)15/h3-8H,1-2H3. The molecule has 0 radical (unpaired) electrons. The van der Waals surface area contributed by atoms with Crippen molar-refractivity contribution in [3.05, 3.63) is 62.7 Å². The van der Waals surface area contributed by atoms with Crippen LogP contribution in [0.5, 0.6) is 5.75 Å². The number of aryl methyl sites for hydroxylation is 2. The molecule has 0 aromatic heterocycles. The number of benzene rings is 2. The van der Waals surface area contributed by atoms with Gasteiger partial charge < -0.3 is 4.18 Å². The van der Waals surface area contributed by atoms with E-state index in [0.717, 1.165) is 23.8 Å². The number of hydrogen-bond donors (Lipinski definition) is 0. The minimum atomic E-state index is -4.08. The Morgan fingerprint density at radius 2 is 1.82 bits per heavy atom. The van der Waals surface area contributed by atoms with E-state index in [1.807, 2.05) is 0 Å². The maximum Gasteiger partial charge on any atom is 0.339 e.